The molecule has 0 bridgehead atoms. The van der Waals surface area contributed by atoms with Crippen molar-refractivity contribution in [3.8, 4) is 0 Å². The summed E-state index contributed by atoms with van der Waals surface area (Å²) >= 11 is 0. The number of aliphatic hydroxyl groups is 1. The summed E-state index contributed by atoms with van der Waals surface area (Å²) in [6.07, 6.45) is 1.54. The number of aliphatic hydroxyl groups excluding tert-OH is 1. The molecule has 1 aliphatic rings. The molecule has 0 saturated carbocycles. The van der Waals surface area contributed by atoms with E-state index in [0.717, 1.165) is 11.3 Å². The SMILES string of the molecule is Cc1cc(C(=O)N2CCC(O)c3ccccc32)co1. The molecule has 4 heteroatoms. The zero-order valence-electron chi connectivity index (χ0n) is 10.7. The van der Waals surface area contributed by atoms with E-state index in [-0.39, 0.29) is 5.91 Å². The zero-order chi connectivity index (χ0) is 13.4. The zero-order valence-corrected chi connectivity index (χ0v) is 10.7. The fourth-order valence-corrected chi connectivity index (χ4v) is 2.46. The van der Waals surface area contributed by atoms with Gasteiger partial charge in [-0.1, -0.05) is 18.2 Å². The molecule has 0 saturated heterocycles. The Labute approximate surface area is 111 Å². The molecule has 1 N–H and O–H groups in total. The van der Waals surface area contributed by atoms with E-state index in [1.165, 1.54) is 6.26 Å². The smallest absolute Gasteiger partial charge is 0.261 e. The number of hydrogen-bond donors (Lipinski definition) is 1. The molecule has 1 aromatic carbocycles. The minimum atomic E-state index is -0.494. The van der Waals surface area contributed by atoms with Gasteiger partial charge in [0.2, 0.25) is 0 Å². The Morgan fingerprint density at radius 2 is 2.21 bits per heavy atom. The van der Waals surface area contributed by atoms with Gasteiger partial charge in [0.25, 0.3) is 5.91 Å². The van der Waals surface area contributed by atoms with Crippen LogP contribution in [0.15, 0.2) is 41.0 Å². The normalized spacial score (nSPS) is 18.2. The van der Waals surface area contributed by atoms with Crippen LogP contribution in [-0.2, 0) is 0 Å². The van der Waals surface area contributed by atoms with Crippen molar-refractivity contribution in [1.82, 2.24) is 0 Å². The topological polar surface area (TPSA) is 53.7 Å². The highest BCUT2D eigenvalue weighted by Gasteiger charge is 2.28. The van der Waals surface area contributed by atoms with Gasteiger partial charge in [-0.3, -0.25) is 4.79 Å². The lowest BCUT2D eigenvalue weighted by molar-refractivity contribution is 0.0970. The van der Waals surface area contributed by atoms with E-state index < -0.39 is 6.10 Å². The summed E-state index contributed by atoms with van der Waals surface area (Å²) in [5.41, 5.74) is 2.14. The number of hydrogen-bond acceptors (Lipinski definition) is 3. The maximum Gasteiger partial charge on any atom is 0.261 e. The second-order valence-corrected chi connectivity index (χ2v) is 4.77. The molecule has 3 rings (SSSR count). The van der Waals surface area contributed by atoms with Gasteiger partial charge in [0.1, 0.15) is 12.0 Å². The molecule has 0 fully saturated rings. The van der Waals surface area contributed by atoms with Crippen LogP contribution in [0.1, 0.15) is 34.2 Å². The number of fused-ring (bicyclic) bond motifs is 1. The number of benzene rings is 1. The lowest BCUT2D eigenvalue weighted by Crippen LogP contribution is -2.36. The molecular formula is C15H15NO3. The molecule has 1 atom stereocenters. The fraction of sp³-hybridized carbons (Fsp3) is 0.267. The number of para-hydroxylation sites is 1. The third-order valence-electron chi connectivity index (χ3n) is 3.44. The van der Waals surface area contributed by atoms with Crippen molar-refractivity contribution in [2.75, 3.05) is 11.4 Å². The van der Waals surface area contributed by atoms with Crippen molar-refractivity contribution in [1.29, 1.82) is 0 Å². The molecule has 1 aliphatic heterocycles. The summed E-state index contributed by atoms with van der Waals surface area (Å²) in [5, 5.41) is 9.98. The fourth-order valence-electron chi connectivity index (χ4n) is 2.46. The Bertz CT molecular complexity index is 617. The third kappa shape index (κ3) is 2.04. The van der Waals surface area contributed by atoms with Crippen LogP contribution in [0.5, 0.6) is 0 Å². The van der Waals surface area contributed by atoms with Gasteiger partial charge in [0.05, 0.1) is 11.7 Å². The highest BCUT2D eigenvalue weighted by molar-refractivity contribution is 6.06. The van der Waals surface area contributed by atoms with Gasteiger partial charge in [-0.25, -0.2) is 0 Å². The van der Waals surface area contributed by atoms with Crippen LogP contribution in [0.3, 0.4) is 0 Å². The maximum absolute atomic E-state index is 12.5. The number of furan rings is 1. The number of rotatable bonds is 1. The summed E-state index contributed by atoms with van der Waals surface area (Å²) in [5.74, 6) is 0.630. The first-order chi connectivity index (χ1) is 9.16. The van der Waals surface area contributed by atoms with Crippen LogP contribution >= 0.6 is 0 Å². The van der Waals surface area contributed by atoms with Gasteiger partial charge < -0.3 is 14.4 Å². The Hall–Kier alpha value is -2.07. The van der Waals surface area contributed by atoms with Gasteiger partial charge in [-0.05, 0) is 25.5 Å². The van der Waals surface area contributed by atoms with Crippen molar-refractivity contribution < 1.29 is 14.3 Å². The van der Waals surface area contributed by atoms with Crippen LogP contribution in [0.4, 0.5) is 5.69 Å². The molecular weight excluding hydrogens is 242 g/mol. The molecule has 0 aliphatic carbocycles. The minimum absolute atomic E-state index is 0.0869. The van der Waals surface area contributed by atoms with Crippen molar-refractivity contribution in [2.45, 2.75) is 19.4 Å². The number of amides is 1. The Morgan fingerprint density at radius 1 is 1.42 bits per heavy atom. The molecule has 1 amide bonds. The van der Waals surface area contributed by atoms with Crippen molar-refractivity contribution in [3.05, 3.63) is 53.5 Å². The van der Waals surface area contributed by atoms with E-state index in [4.69, 9.17) is 4.42 Å². The van der Waals surface area contributed by atoms with Crippen LogP contribution in [0.2, 0.25) is 0 Å². The number of anilines is 1. The molecule has 2 aromatic rings. The lowest BCUT2D eigenvalue weighted by Gasteiger charge is -2.31. The van der Waals surface area contributed by atoms with Crippen molar-refractivity contribution in [2.24, 2.45) is 0 Å². The number of aryl methyl sites for hydroxylation is 1. The average molecular weight is 257 g/mol. The lowest BCUT2D eigenvalue weighted by atomic mass is 9.98. The quantitative estimate of drug-likeness (QED) is 0.854. The van der Waals surface area contributed by atoms with Gasteiger partial charge in [-0.15, -0.1) is 0 Å². The van der Waals surface area contributed by atoms with Gasteiger partial charge in [0.15, 0.2) is 0 Å². The Balaban J connectivity index is 1.98. The number of nitrogens with zero attached hydrogens (tertiary/aromatic N) is 1. The largest absolute Gasteiger partial charge is 0.469 e. The first-order valence-corrected chi connectivity index (χ1v) is 6.31. The highest BCUT2D eigenvalue weighted by Crippen LogP contribution is 2.34. The van der Waals surface area contributed by atoms with Gasteiger partial charge in [-0.2, -0.15) is 0 Å². The van der Waals surface area contributed by atoms with E-state index in [2.05, 4.69) is 0 Å². The second-order valence-electron chi connectivity index (χ2n) is 4.77. The molecule has 0 spiro atoms. The molecule has 0 radical (unpaired) electrons. The van der Waals surface area contributed by atoms with Gasteiger partial charge in [0, 0.05) is 17.8 Å². The molecule has 1 aromatic heterocycles. The summed E-state index contributed by atoms with van der Waals surface area (Å²) in [6, 6.07) is 9.20. The molecule has 19 heavy (non-hydrogen) atoms. The first-order valence-electron chi connectivity index (χ1n) is 6.31. The van der Waals surface area contributed by atoms with E-state index in [9.17, 15) is 9.90 Å². The summed E-state index contributed by atoms with van der Waals surface area (Å²) < 4.78 is 5.19. The predicted octanol–water partition coefficient (Wildman–Crippen LogP) is 2.67. The van der Waals surface area contributed by atoms with Gasteiger partial charge >= 0.3 is 0 Å². The Morgan fingerprint density at radius 3 is 2.95 bits per heavy atom. The average Bonchev–Trinajstić information content (AvgIpc) is 2.86. The Kier molecular flexibility index (Phi) is 2.87. The maximum atomic E-state index is 12.5. The standard InChI is InChI=1S/C15H15NO3/c1-10-8-11(9-19-10)15(18)16-7-6-14(17)12-4-2-3-5-13(12)16/h2-5,8-9,14,17H,6-7H2,1H3. The minimum Gasteiger partial charge on any atom is -0.469 e. The molecule has 98 valence electrons. The summed E-state index contributed by atoms with van der Waals surface area (Å²) in [7, 11) is 0. The number of carbonyl (C=O) groups excluding carboxylic acids is 1. The molecule has 1 unspecified atom stereocenters. The number of carbonyl (C=O) groups is 1. The van der Waals surface area contributed by atoms with E-state index in [1.54, 1.807) is 11.0 Å². The third-order valence-corrected chi connectivity index (χ3v) is 3.44. The van der Waals surface area contributed by atoms with E-state index in [0.29, 0.717) is 24.3 Å². The first kappa shape index (κ1) is 12.0. The molecule has 4 nitrogen and oxygen atoms in total. The van der Waals surface area contributed by atoms with Crippen LogP contribution < -0.4 is 4.90 Å². The molecule has 2 heterocycles. The van der Waals surface area contributed by atoms with Crippen LogP contribution in [-0.4, -0.2) is 17.6 Å². The second kappa shape index (κ2) is 4.55. The van der Waals surface area contributed by atoms with E-state index in [1.807, 2.05) is 31.2 Å². The monoisotopic (exact) mass is 257 g/mol. The van der Waals surface area contributed by atoms with E-state index >= 15 is 0 Å². The summed E-state index contributed by atoms with van der Waals surface area (Å²) in [6.45, 7) is 2.33. The van der Waals surface area contributed by atoms with Crippen LogP contribution in [0, 0.1) is 6.92 Å². The van der Waals surface area contributed by atoms with Crippen molar-refractivity contribution in [3.63, 3.8) is 0 Å². The van der Waals surface area contributed by atoms with Crippen LogP contribution in [0.25, 0.3) is 0 Å². The highest BCUT2D eigenvalue weighted by atomic mass is 16.3. The predicted molar refractivity (Wildman–Crippen MR) is 71.1 cm³/mol. The summed E-state index contributed by atoms with van der Waals surface area (Å²) in [4.78, 5) is 14.2. The van der Waals surface area contributed by atoms with Crippen molar-refractivity contribution >= 4 is 11.6 Å².